The van der Waals surface area contributed by atoms with Crippen molar-refractivity contribution in [1.82, 2.24) is 0 Å². The molecule has 186 valence electrons. The molecule has 0 unspecified atom stereocenters. The third kappa shape index (κ3) is 7.68. The SMILES string of the molecule is CC(C)(C)OC(=O)CON=c1cc(NOCC(=O)OC(C)(C)C)c2ccccc2c2ccccc12. The molecule has 0 heterocycles. The van der Waals surface area contributed by atoms with Gasteiger partial charge in [-0.3, -0.25) is 10.3 Å². The molecule has 8 heteroatoms. The molecule has 3 rings (SSSR count). The lowest BCUT2D eigenvalue weighted by Crippen LogP contribution is -2.27. The Hall–Kier alpha value is -3.65. The van der Waals surface area contributed by atoms with Crippen molar-refractivity contribution in [1.29, 1.82) is 0 Å². The Morgan fingerprint density at radius 3 is 1.80 bits per heavy atom. The first-order valence-corrected chi connectivity index (χ1v) is 11.4. The zero-order chi connectivity index (χ0) is 25.6. The van der Waals surface area contributed by atoms with Crippen LogP contribution in [0.1, 0.15) is 41.5 Å². The second kappa shape index (κ2) is 10.7. The Morgan fingerprint density at radius 2 is 1.23 bits per heavy atom. The molecule has 0 aromatic heterocycles. The van der Waals surface area contributed by atoms with E-state index in [-0.39, 0.29) is 13.2 Å². The standard InChI is InChI=1S/C27H32N2O6/c1-26(2,3)34-24(30)16-32-28-22-15-23(29-33-17-25(31)35-27(4,5)6)21-14-10-8-12-19(21)18-11-7-9-13-20(18)22/h7-15,28H,16-17H2,1-6H3. The quantitative estimate of drug-likeness (QED) is 0.381. The van der Waals surface area contributed by atoms with Crippen LogP contribution in [0.2, 0.25) is 0 Å². The molecular formula is C27H32N2O6. The summed E-state index contributed by atoms with van der Waals surface area (Å²) in [5.74, 6) is -1.01. The molecule has 0 aliphatic carbocycles. The van der Waals surface area contributed by atoms with Crippen LogP contribution in [0.5, 0.6) is 0 Å². The number of carbonyl (C=O) groups excluding carboxylic acids is 2. The van der Waals surface area contributed by atoms with Gasteiger partial charge in [-0.05, 0) is 58.4 Å². The lowest BCUT2D eigenvalue weighted by molar-refractivity contribution is -0.160. The van der Waals surface area contributed by atoms with E-state index < -0.39 is 23.1 Å². The Bertz CT molecular complexity index is 1290. The lowest BCUT2D eigenvalue weighted by atomic mass is 10.1. The topological polar surface area (TPSA) is 95.5 Å². The predicted octanol–water partition coefficient (Wildman–Crippen LogP) is 4.85. The number of rotatable bonds is 7. The number of nitrogens with one attached hydrogen (secondary N) is 1. The highest BCUT2D eigenvalue weighted by atomic mass is 16.7. The molecule has 0 saturated heterocycles. The van der Waals surface area contributed by atoms with Crippen molar-refractivity contribution in [3.05, 3.63) is 60.0 Å². The molecule has 3 aromatic carbocycles. The van der Waals surface area contributed by atoms with Crippen molar-refractivity contribution in [3.63, 3.8) is 0 Å². The monoisotopic (exact) mass is 480 g/mol. The summed E-state index contributed by atoms with van der Waals surface area (Å²) < 4.78 is 10.6. The molecule has 35 heavy (non-hydrogen) atoms. The first-order valence-electron chi connectivity index (χ1n) is 11.4. The summed E-state index contributed by atoms with van der Waals surface area (Å²) in [6, 6.07) is 17.3. The Labute approximate surface area is 204 Å². The van der Waals surface area contributed by atoms with Crippen LogP contribution in [0.3, 0.4) is 0 Å². The van der Waals surface area contributed by atoms with Gasteiger partial charge >= 0.3 is 11.9 Å². The summed E-state index contributed by atoms with van der Waals surface area (Å²) in [6.45, 7) is 10.1. The van der Waals surface area contributed by atoms with Crippen LogP contribution in [0.15, 0.2) is 59.8 Å². The molecule has 1 N–H and O–H groups in total. The molecule has 0 amide bonds. The van der Waals surface area contributed by atoms with E-state index in [1.54, 1.807) is 47.6 Å². The van der Waals surface area contributed by atoms with Gasteiger partial charge in [0.1, 0.15) is 16.6 Å². The van der Waals surface area contributed by atoms with Crippen molar-refractivity contribution in [2.45, 2.75) is 52.7 Å². The van der Waals surface area contributed by atoms with Gasteiger partial charge in [-0.15, -0.1) is 0 Å². The molecule has 0 fully saturated rings. The van der Waals surface area contributed by atoms with Gasteiger partial charge in [0, 0.05) is 10.8 Å². The third-order valence-corrected chi connectivity index (χ3v) is 4.55. The summed E-state index contributed by atoms with van der Waals surface area (Å²) in [4.78, 5) is 35.0. The van der Waals surface area contributed by atoms with E-state index in [2.05, 4.69) is 10.6 Å². The lowest BCUT2D eigenvalue weighted by Gasteiger charge is -2.19. The average molecular weight is 481 g/mol. The first-order chi connectivity index (χ1) is 16.4. The Balaban J connectivity index is 1.98. The van der Waals surface area contributed by atoms with Gasteiger partial charge in [-0.1, -0.05) is 53.7 Å². The molecule has 3 aromatic rings. The van der Waals surface area contributed by atoms with E-state index in [0.717, 1.165) is 21.5 Å². The normalized spacial score (nSPS) is 12.5. The maximum absolute atomic E-state index is 12.1. The van der Waals surface area contributed by atoms with E-state index >= 15 is 0 Å². The van der Waals surface area contributed by atoms with Crippen LogP contribution in [-0.4, -0.2) is 36.4 Å². The highest BCUT2D eigenvalue weighted by Gasteiger charge is 2.17. The summed E-state index contributed by atoms with van der Waals surface area (Å²) in [6.07, 6.45) is 0. The van der Waals surface area contributed by atoms with Crippen molar-refractivity contribution < 1.29 is 28.7 Å². The van der Waals surface area contributed by atoms with Crippen molar-refractivity contribution in [3.8, 4) is 0 Å². The van der Waals surface area contributed by atoms with Crippen LogP contribution < -0.4 is 10.8 Å². The minimum absolute atomic E-state index is 0.286. The first kappa shape index (κ1) is 26.0. The molecule has 0 bridgehead atoms. The number of benzene rings is 2. The fourth-order valence-electron chi connectivity index (χ4n) is 3.42. The van der Waals surface area contributed by atoms with Crippen LogP contribution in [-0.2, 0) is 28.7 Å². The van der Waals surface area contributed by atoms with E-state index in [1.165, 1.54) is 0 Å². The van der Waals surface area contributed by atoms with E-state index in [1.807, 2.05) is 48.5 Å². The fraction of sp³-hybridized carbons (Fsp3) is 0.370. The maximum Gasteiger partial charge on any atom is 0.347 e. The Morgan fingerprint density at radius 1 is 0.743 bits per heavy atom. The largest absolute Gasteiger partial charge is 0.458 e. The third-order valence-electron chi connectivity index (χ3n) is 4.55. The second-order valence-electron chi connectivity index (χ2n) is 9.96. The van der Waals surface area contributed by atoms with Crippen molar-refractivity contribution in [2.75, 3.05) is 18.7 Å². The van der Waals surface area contributed by atoms with Crippen LogP contribution >= 0.6 is 0 Å². The van der Waals surface area contributed by atoms with Gasteiger partial charge in [0.05, 0.1) is 5.69 Å². The zero-order valence-corrected chi connectivity index (χ0v) is 21.0. The number of ether oxygens (including phenoxy) is 2. The summed E-state index contributed by atoms with van der Waals surface area (Å²) in [5.41, 5.74) is 2.20. The van der Waals surface area contributed by atoms with E-state index in [0.29, 0.717) is 11.0 Å². The fourth-order valence-corrected chi connectivity index (χ4v) is 3.42. The van der Waals surface area contributed by atoms with Crippen LogP contribution in [0, 0.1) is 0 Å². The van der Waals surface area contributed by atoms with Crippen LogP contribution in [0.4, 0.5) is 5.69 Å². The predicted molar refractivity (Wildman–Crippen MR) is 134 cm³/mol. The van der Waals surface area contributed by atoms with Crippen molar-refractivity contribution >= 4 is 39.2 Å². The van der Waals surface area contributed by atoms with E-state index in [4.69, 9.17) is 19.1 Å². The number of nitrogens with zero attached hydrogens (tertiary/aromatic N) is 1. The number of carbonyl (C=O) groups is 2. The van der Waals surface area contributed by atoms with Crippen LogP contribution in [0.25, 0.3) is 21.5 Å². The zero-order valence-electron chi connectivity index (χ0n) is 21.0. The number of anilines is 1. The molecule has 8 nitrogen and oxygen atoms in total. The van der Waals surface area contributed by atoms with Gasteiger partial charge in [0.2, 0.25) is 6.61 Å². The molecular weight excluding hydrogens is 448 g/mol. The molecule has 0 saturated carbocycles. The molecule has 0 atom stereocenters. The molecule has 0 aliphatic rings. The molecule has 0 aliphatic heterocycles. The van der Waals surface area contributed by atoms with Gasteiger partial charge in [-0.2, -0.15) is 0 Å². The van der Waals surface area contributed by atoms with Gasteiger partial charge < -0.3 is 14.3 Å². The number of hydrogen-bond acceptors (Lipinski definition) is 8. The average Bonchev–Trinajstić information content (AvgIpc) is 2.87. The van der Waals surface area contributed by atoms with Crippen molar-refractivity contribution in [2.24, 2.45) is 5.16 Å². The second-order valence-corrected chi connectivity index (χ2v) is 9.96. The summed E-state index contributed by atoms with van der Waals surface area (Å²) >= 11 is 0. The number of fused-ring (bicyclic) bond motifs is 3. The minimum Gasteiger partial charge on any atom is -0.458 e. The highest BCUT2D eigenvalue weighted by molar-refractivity contribution is 6.09. The van der Waals surface area contributed by atoms with Gasteiger partial charge in [0.15, 0.2) is 6.61 Å². The number of esters is 2. The van der Waals surface area contributed by atoms with Gasteiger partial charge in [-0.25, -0.2) is 9.59 Å². The number of hydrogen-bond donors (Lipinski definition) is 1. The molecule has 0 spiro atoms. The maximum atomic E-state index is 12.1. The smallest absolute Gasteiger partial charge is 0.347 e. The highest BCUT2D eigenvalue weighted by Crippen LogP contribution is 2.27. The Kier molecular flexibility index (Phi) is 7.96. The summed E-state index contributed by atoms with van der Waals surface area (Å²) in [7, 11) is 0. The summed E-state index contributed by atoms with van der Waals surface area (Å²) in [5, 5.41) is 8.25. The minimum atomic E-state index is -0.618. The van der Waals surface area contributed by atoms with Gasteiger partial charge in [0.25, 0.3) is 0 Å². The molecule has 0 radical (unpaired) electrons. The van der Waals surface area contributed by atoms with E-state index in [9.17, 15) is 9.59 Å².